The van der Waals surface area contributed by atoms with E-state index in [1.807, 2.05) is 12.1 Å². The summed E-state index contributed by atoms with van der Waals surface area (Å²) in [4.78, 5) is 25.5. The van der Waals surface area contributed by atoms with Crippen molar-refractivity contribution < 1.29 is 19.4 Å². The first kappa shape index (κ1) is 14.8. The van der Waals surface area contributed by atoms with E-state index >= 15 is 0 Å². The van der Waals surface area contributed by atoms with Gasteiger partial charge in [0.1, 0.15) is 25.0 Å². The predicted molar refractivity (Wildman–Crippen MR) is 75.4 cm³/mol. The van der Waals surface area contributed by atoms with Crippen LogP contribution in [0.2, 0.25) is 0 Å². The molecule has 7 heteroatoms. The van der Waals surface area contributed by atoms with E-state index in [0.29, 0.717) is 5.75 Å². The van der Waals surface area contributed by atoms with E-state index in [-0.39, 0.29) is 25.6 Å². The topological polar surface area (TPSA) is 70.1 Å². The first-order valence-corrected chi connectivity index (χ1v) is 6.88. The Kier molecular flexibility index (Phi) is 4.61. The first-order chi connectivity index (χ1) is 9.47. The van der Waals surface area contributed by atoms with Crippen LogP contribution in [0.25, 0.3) is 0 Å². The SMILES string of the molecule is CN1CC(=O)N(C[C@@H](O)COc2cccc(Br)c2)C1=O. The molecular weight excluding hydrogens is 328 g/mol. The summed E-state index contributed by atoms with van der Waals surface area (Å²) >= 11 is 3.32. The van der Waals surface area contributed by atoms with Gasteiger partial charge in [-0.3, -0.25) is 9.69 Å². The molecule has 0 radical (unpaired) electrons. The number of carbonyl (C=O) groups excluding carboxylic acids is 2. The molecule has 1 heterocycles. The maximum Gasteiger partial charge on any atom is 0.327 e. The number of aliphatic hydroxyl groups is 1. The number of ether oxygens (including phenoxy) is 1. The van der Waals surface area contributed by atoms with E-state index in [4.69, 9.17) is 4.74 Å². The van der Waals surface area contributed by atoms with Crippen molar-refractivity contribution in [1.82, 2.24) is 9.80 Å². The molecule has 108 valence electrons. The summed E-state index contributed by atoms with van der Waals surface area (Å²) in [5.74, 6) is 0.300. The van der Waals surface area contributed by atoms with Gasteiger partial charge < -0.3 is 14.7 Å². The lowest BCUT2D eigenvalue weighted by Crippen LogP contribution is -2.40. The quantitative estimate of drug-likeness (QED) is 0.813. The van der Waals surface area contributed by atoms with E-state index < -0.39 is 12.1 Å². The number of hydrogen-bond acceptors (Lipinski definition) is 4. The molecule has 6 nitrogen and oxygen atoms in total. The molecule has 1 aromatic rings. The van der Waals surface area contributed by atoms with Crippen LogP contribution in [0.4, 0.5) is 4.79 Å². The number of imide groups is 1. The summed E-state index contributed by atoms with van der Waals surface area (Å²) in [5, 5.41) is 9.86. The molecule has 1 saturated heterocycles. The molecule has 0 spiro atoms. The lowest BCUT2D eigenvalue weighted by molar-refractivity contribution is -0.126. The van der Waals surface area contributed by atoms with Gasteiger partial charge in [0.05, 0.1) is 6.54 Å². The van der Waals surface area contributed by atoms with E-state index in [0.717, 1.165) is 9.37 Å². The third-order valence-corrected chi connectivity index (χ3v) is 3.36. The zero-order chi connectivity index (χ0) is 14.7. The van der Waals surface area contributed by atoms with Gasteiger partial charge in [0.25, 0.3) is 0 Å². The fourth-order valence-electron chi connectivity index (χ4n) is 1.86. The highest BCUT2D eigenvalue weighted by atomic mass is 79.9. The zero-order valence-corrected chi connectivity index (χ0v) is 12.5. The van der Waals surface area contributed by atoms with Gasteiger partial charge in [-0.2, -0.15) is 0 Å². The Hall–Kier alpha value is -1.60. The molecule has 1 N–H and O–H groups in total. The molecule has 1 aliphatic rings. The molecule has 1 fully saturated rings. The van der Waals surface area contributed by atoms with Crippen LogP contribution in [0.5, 0.6) is 5.75 Å². The molecule has 0 bridgehead atoms. The molecule has 0 aliphatic carbocycles. The maximum absolute atomic E-state index is 11.6. The van der Waals surface area contributed by atoms with Crippen LogP contribution in [0, 0.1) is 0 Å². The van der Waals surface area contributed by atoms with Crippen molar-refractivity contribution in [2.75, 3.05) is 26.7 Å². The van der Waals surface area contributed by atoms with Crippen molar-refractivity contribution >= 4 is 27.9 Å². The van der Waals surface area contributed by atoms with Crippen molar-refractivity contribution in [2.24, 2.45) is 0 Å². The first-order valence-electron chi connectivity index (χ1n) is 6.09. The Morgan fingerprint density at radius 3 is 2.80 bits per heavy atom. The fourth-order valence-corrected chi connectivity index (χ4v) is 2.24. The minimum Gasteiger partial charge on any atom is -0.491 e. The Balaban J connectivity index is 1.85. The van der Waals surface area contributed by atoms with Gasteiger partial charge in [-0.25, -0.2) is 4.79 Å². The van der Waals surface area contributed by atoms with Crippen LogP contribution in [-0.4, -0.2) is 59.7 Å². The van der Waals surface area contributed by atoms with Crippen LogP contribution >= 0.6 is 15.9 Å². The number of rotatable bonds is 5. The second-order valence-electron chi connectivity index (χ2n) is 4.57. The average molecular weight is 343 g/mol. The standard InChI is InChI=1S/C13H15BrN2O4/c1-15-7-12(18)16(13(15)19)6-10(17)8-20-11-4-2-3-9(14)5-11/h2-5,10,17H,6-8H2,1H3/t10-/m1/s1. The summed E-state index contributed by atoms with van der Waals surface area (Å²) in [7, 11) is 1.55. The molecule has 1 atom stereocenters. The Labute approximate surface area is 125 Å². The highest BCUT2D eigenvalue weighted by Crippen LogP contribution is 2.18. The third kappa shape index (κ3) is 3.49. The summed E-state index contributed by atoms with van der Waals surface area (Å²) in [6, 6.07) is 6.82. The second-order valence-corrected chi connectivity index (χ2v) is 5.48. The van der Waals surface area contributed by atoms with E-state index in [9.17, 15) is 14.7 Å². The van der Waals surface area contributed by atoms with Gasteiger partial charge in [0.2, 0.25) is 5.91 Å². The number of β-amino-alcohol motifs (C(OH)–C–C–N with tert-alkyl or cyclic N) is 1. The van der Waals surface area contributed by atoms with Gasteiger partial charge in [0, 0.05) is 11.5 Å². The molecule has 2 rings (SSSR count). The van der Waals surface area contributed by atoms with E-state index in [1.165, 1.54) is 4.90 Å². The van der Waals surface area contributed by atoms with Gasteiger partial charge in [-0.1, -0.05) is 22.0 Å². The summed E-state index contributed by atoms with van der Waals surface area (Å²) < 4.78 is 6.28. The number of likely N-dealkylation sites (N-methyl/N-ethyl adjacent to an activating group) is 1. The highest BCUT2D eigenvalue weighted by molar-refractivity contribution is 9.10. The van der Waals surface area contributed by atoms with Crippen molar-refractivity contribution in [1.29, 1.82) is 0 Å². The molecule has 20 heavy (non-hydrogen) atoms. The normalized spacial score (nSPS) is 16.8. The van der Waals surface area contributed by atoms with Crippen LogP contribution in [-0.2, 0) is 4.79 Å². The monoisotopic (exact) mass is 342 g/mol. The third-order valence-electron chi connectivity index (χ3n) is 2.86. The second kappa shape index (κ2) is 6.23. The lowest BCUT2D eigenvalue weighted by Gasteiger charge is -2.18. The number of aliphatic hydroxyl groups excluding tert-OH is 1. The van der Waals surface area contributed by atoms with Crippen LogP contribution in [0.15, 0.2) is 28.7 Å². The molecule has 0 unspecified atom stereocenters. The maximum atomic E-state index is 11.6. The average Bonchev–Trinajstić information content (AvgIpc) is 2.63. The van der Waals surface area contributed by atoms with Gasteiger partial charge >= 0.3 is 6.03 Å². The molecule has 3 amide bonds. The van der Waals surface area contributed by atoms with E-state index in [2.05, 4.69) is 15.9 Å². The Bertz CT molecular complexity index is 523. The van der Waals surface area contributed by atoms with Crippen molar-refractivity contribution in [3.05, 3.63) is 28.7 Å². The molecule has 0 aromatic heterocycles. The highest BCUT2D eigenvalue weighted by Gasteiger charge is 2.34. The number of urea groups is 1. The summed E-state index contributed by atoms with van der Waals surface area (Å²) in [5.41, 5.74) is 0. The number of nitrogens with zero attached hydrogens (tertiary/aromatic N) is 2. The van der Waals surface area contributed by atoms with Gasteiger partial charge in [-0.05, 0) is 18.2 Å². The van der Waals surface area contributed by atoms with E-state index in [1.54, 1.807) is 19.2 Å². The zero-order valence-electron chi connectivity index (χ0n) is 11.0. The van der Waals surface area contributed by atoms with Crippen molar-refractivity contribution in [3.8, 4) is 5.75 Å². The largest absolute Gasteiger partial charge is 0.491 e. The number of benzene rings is 1. The lowest BCUT2D eigenvalue weighted by atomic mass is 10.3. The summed E-state index contributed by atoms with van der Waals surface area (Å²) in [6.45, 7) is 0.00524. The van der Waals surface area contributed by atoms with Crippen LogP contribution < -0.4 is 4.74 Å². The molecule has 0 saturated carbocycles. The van der Waals surface area contributed by atoms with Crippen LogP contribution in [0.3, 0.4) is 0 Å². The smallest absolute Gasteiger partial charge is 0.327 e. The van der Waals surface area contributed by atoms with Gasteiger partial charge in [-0.15, -0.1) is 0 Å². The number of halogens is 1. The molecular formula is C13H15BrN2O4. The molecule has 1 aromatic carbocycles. The minimum atomic E-state index is -0.923. The Morgan fingerprint density at radius 2 is 2.20 bits per heavy atom. The predicted octanol–water partition coefficient (Wildman–Crippen LogP) is 1.08. The number of carbonyl (C=O) groups is 2. The number of hydrogen-bond donors (Lipinski definition) is 1. The Morgan fingerprint density at radius 1 is 1.45 bits per heavy atom. The molecule has 1 aliphatic heterocycles. The fraction of sp³-hybridized carbons (Fsp3) is 0.385. The number of amides is 3. The van der Waals surface area contributed by atoms with Gasteiger partial charge in [0.15, 0.2) is 0 Å². The van der Waals surface area contributed by atoms with Crippen molar-refractivity contribution in [2.45, 2.75) is 6.10 Å². The van der Waals surface area contributed by atoms with Crippen LogP contribution in [0.1, 0.15) is 0 Å². The van der Waals surface area contributed by atoms with Crippen molar-refractivity contribution in [3.63, 3.8) is 0 Å². The minimum absolute atomic E-state index is 0.0111. The summed E-state index contributed by atoms with van der Waals surface area (Å²) in [6.07, 6.45) is -0.923.